The first-order chi connectivity index (χ1) is 9.65. The molecule has 6 heteroatoms. The summed E-state index contributed by atoms with van der Waals surface area (Å²) in [6.45, 7) is 0. The maximum atomic E-state index is 12.2. The summed E-state index contributed by atoms with van der Waals surface area (Å²) in [5.41, 5.74) is 1.82. The minimum atomic E-state index is -3.58. The molecule has 0 saturated carbocycles. The molecule has 3 aromatic rings. The maximum Gasteiger partial charge on any atom is 0.261 e. The molecule has 0 aliphatic rings. The lowest BCUT2D eigenvalue weighted by atomic mass is 10.3. The van der Waals surface area contributed by atoms with Gasteiger partial charge in [-0.05, 0) is 30.3 Å². The third kappa shape index (κ3) is 2.46. The van der Waals surface area contributed by atoms with E-state index in [-0.39, 0.29) is 4.90 Å². The zero-order valence-corrected chi connectivity index (χ0v) is 11.2. The van der Waals surface area contributed by atoms with Gasteiger partial charge in [0.2, 0.25) is 0 Å². The fourth-order valence-corrected chi connectivity index (χ4v) is 2.91. The number of aromatic nitrogens is 2. The van der Waals surface area contributed by atoms with Crippen LogP contribution in [0.4, 0.5) is 5.69 Å². The quantitative estimate of drug-likeness (QED) is 0.802. The van der Waals surface area contributed by atoms with E-state index in [1.54, 1.807) is 60.9 Å². The van der Waals surface area contributed by atoms with Crippen LogP contribution in [0.25, 0.3) is 11.0 Å². The number of sulfonamides is 1. The van der Waals surface area contributed by atoms with Crippen molar-refractivity contribution in [2.24, 2.45) is 0 Å². The first-order valence-corrected chi connectivity index (χ1v) is 7.42. The van der Waals surface area contributed by atoms with Gasteiger partial charge in [-0.15, -0.1) is 0 Å². The highest BCUT2D eigenvalue weighted by atomic mass is 32.2. The van der Waals surface area contributed by atoms with Crippen LogP contribution in [-0.4, -0.2) is 18.4 Å². The smallest absolute Gasteiger partial charge is 0.261 e. The Morgan fingerprint density at radius 2 is 1.55 bits per heavy atom. The van der Waals surface area contributed by atoms with Gasteiger partial charge in [0.25, 0.3) is 10.0 Å². The summed E-state index contributed by atoms with van der Waals surface area (Å²) >= 11 is 0. The molecule has 0 saturated heterocycles. The normalized spacial score (nSPS) is 11.4. The lowest BCUT2D eigenvalue weighted by molar-refractivity contribution is 0.601. The Hall–Kier alpha value is -2.47. The van der Waals surface area contributed by atoms with Crippen LogP contribution >= 0.6 is 0 Å². The molecule has 1 heterocycles. The standard InChI is InChI=1S/C14H11N3O2S/c18-20(19,12-4-2-1-3-5-12)17-11-6-7-13-14(10-11)16-9-8-15-13/h1-10,17H. The van der Waals surface area contributed by atoms with E-state index in [1.165, 1.54) is 0 Å². The summed E-state index contributed by atoms with van der Waals surface area (Å²) in [5.74, 6) is 0. The summed E-state index contributed by atoms with van der Waals surface area (Å²) in [5, 5.41) is 0. The number of anilines is 1. The van der Waals surface area contributed by atoms with Crippen molar-refractivity contribution in [1.29, 1.82) is 0 Å². The van der Waals surface area contributed by atoms with Gasteiger partial charge >= 0.3 is 0 Å². The topological polar surface area (TPSA) is 72.0 Å². The molecule has 2 aromatic carbocycles. The van der Waals surface area contributed by atoms with E-state index in [4.69, 9.17) is 0 Å². The monoisotopic (exact) mass is 285 g/mol. The second-order valence-corrected chi connectivity index (χ2v) is 5.86. The molecule has 0 radical (unpaired) electrons. The zero-order chi connectivity index (χ0) is 14.0. The Labute approximate surface area is 116 Å². The first kappa shape index (κ1) is 12.6. The molecular formula is C14H11N3O2S. The minimum Gasteiger partial charge on any atom is -0.280 e. The molecule has 1 aromatic heterocycles. The fourth-order valence-electron chi connectivity index (χ4n) is 1.84. The van der Waals surface area contributed by atoms with Crippen LogP contribution < -0.4 is 4.72 Å². The second kappa shape index (κ2) is 4.90. The average Bonchev–Trinajstić information content (AvgIpc) is 2.48. The SMILES string of the molecule is O=S(=O)(Nc1ccc2nccnc2c1)c1ccccc1. The van der Waals surface area contributed by atoms with Crippen LogP contribution in [0.1, 0.15) is 0 Å². The van der Waals surface area contributed by atoms with E-state index in [1.807, 2.05) is 0 Å². The summed E-state index contributed by atoms with van der Waals surface area (Å²) in [4.78, 5) is 8.51. The molecule has 5 nitrogen and oxygen atoms in total. The Bertz CT molecular complexity index is 848. The number of hydrogen-bond acceptors (Lipinski definition) is 4. The molecule has 0 fully saturated rings. The molecule has 0 bridgehead atoms. The molecule has 20 heavy (non-hydrogen) atoms. The highest BCUT2D eigenvalue weighted by molar-refractivity contribution is 7.92. The Balaban J connectivity index is 1.97. The number of nitrogens with one attached hydrogen (secondary N) is 1. The zero-order valence-electron chi connectivity index (χ0n) is 10.4. The van der Waals surface area contributed by atoms with Crippen LogP contribution in [0.15, 0.2) is 65.8 Å². The molecule has 0 atom stereocenters. The predicted octanol–water partition coefficient (Wildman–Crippen LogP) is 2.43. The van der Waals surface area contributed by atoms with E-state index in [2.05, 4.69) is 14.7 Å². The highest BCUT2D eigenvalue weighted by Gasteiger charge is 2.13. The van der Waals surface area contributed by atoms with Gasteiger partial charge in [0, 0.05) is 12.4 Å². The van der Waals surface area contributed by atoms with Crippen LogP contribution in [0.3, 0.4) is 0 Å². The van der Waals surface area contributed by atoms with Crippen LogP contribution in [0.2, 0.25) is 0 Å². The van der Waals surface area contributed by atoms with Crippen molar-refractivity contribution in [1.82, 2.24) is 9.97 Å². The third-order valence-corrected chi connectivity index (χ3v) is 4.17. The molecule has 0 aliphatic carbocycles. The molecule has 3 rings (SSSR count). The lowest BCUT2D eigenvalue weighted by Crippen LogP contribution is -2.12. The van der Waals surface area contributed by atoms with Crippen molar-refractivity contribution in [3.63, 3.8) is 0 Å². The summed E-state index contributed by atoms with van der Waals surface area (Å²) in [7, 11) is -3.58. The van der Waals surface area contributed by atoms with E-state index in [0.717, 1.165) is 5.52 Å². The van der Waals surface area contributed by atoms with Crippen LogP contribution in [0.5, 0.6) is 0 Å². The van der Waals surface area contributed by atoms with Gasteiger partial charge < -0.3 is 0 Å². The number of rotatable bonds is 3. The molecule has 0 amide bonds. The third-order valence-electron chi connectivity index (χ3n) is 2.78. The molecular weight excluding hydrogens is 274 g/mol. The Morgan fingerprint density at radius 3 is 2.30 bits per heavy atom. The largest absolute Gasteiger partial charge is 0.280 e. The maximum absolute atomic E-state index is 12.2. The number of benzene rings is 2. The Morgan fingerprint density at radius 1 is 0.850 bits per heavy atom. The van der Waals surface area contributed by atoms with Crippen molar-refractivity contribution >= 4 is 26.7 Å². The van der Waals surface area contributed by atoms with Gasteiger partial charge in [-0.2, -0.15) is 0 Å². The predicted molar refractivity (Wildman–Crippen MR) is 76.8 cm³/mol. The van der Waals surface area contributed by atoms with Gasteiger partial charge in [0.05, 0.1) is 21.6 Å². The van der Waals surface area contributed by atoms with Crippen LogP contribution in [-0.2, 0) is 10.0 Å². The summed E-state index contributed by atoms with van der Waals surface area (Å²) in [6, 6.07) is 13.3. The second-order valence-electron chi connectivity index (χ2n) is 4.18. The number of nitrogens with zero attached hydrogens (tertiary/aromatic N) is 2. The van der Waals surface area contributed by atoms with Crippen LogP contribution in [0, 0.1) is 0 Å². The molecule has 0 unspecified atom stereocenters. The molecule has 0 spiro atoms. The van der Waals surface area contributed by atoms with E-state index in [9.17, 15) is 8.42 Å². The van der Waals surface area contributed by atoms with Crippen molar-refractivity contribution < 1.29 is 8.42 Å². The van der Waals surface area contributed by atoms with Gasteiger partial charge in [0.15, 0.2) is 0 Å². The van der Waals surface area contributed by atoms with Gasteiger partial charge in [0.1, 0.15) is 0 Å². The van der Waals surface area contributed by atoms with Crippen molar-refractivity contribution in [3.8, 4) is 0 Å². The van der Waals surface area contributed by atoms with E-state index < -0.39 is 10.0 Å². The fraction of sp³-hybridized carbons (Fsp3) is 0. The highest BCUT2D eigenvalue weighted by Crippen LogP contribution is 2.19. The summed E-state index contributed by atoms with van der Waals surface area (Å²) < 4.78 is 26.9. The lowest BCUT2D eigenvalue weighted by Gasteiger charge is -2.08. The Kier molecular flexibility index (Phi) is 3.08. The van der Waals surface area contributed by atoms with E-state index in [0.29, 0.717) is 11.2 Å². The first-order valence-electron chi connectivity index (χ1n) is 5.94. The molecule has 0 aliphatic heterocycles. The summed E-state index contributed by atoms with van der Waals surface area (Å²) in [6.07, 6.45) is 3.16. The van der Waals surface area contributed by atoms with Gasteiger partial charge in [-0.25, -0.2) is 8.42 Å². The van der Waals surface area contributed by atoms with Crippen molar-refractivity contribution in [2.75, 3.05) is 4.72 Å². The van der Waals surface area contributed by atoms with Gasteiger partial charge in [-0.3, -0.25) is 14.7 Å². The van der Waals surface area contributed by atoms with Crippen molar-refractivity contribution in [2.45, 2.75) is 4.90 Å². The average molecular weight is 285 g/mol. The molecule has 100 valence electrons. The van der Waals surface area contributed by atoms with E-state index >= 15 is 0 Å². The van der Waals surface area contributed by atoms with Gasteiger partial charge in [-0.1, -0.05) is 18.2 Å². The molecule has 1 N–H and O–H groups in total. The number of hydrogen-bond donors (Lipinski definition) is 1. The number of fused-ring (bicyclic) bond motifs is 1. The van der Waals surface area contributed by atoms with Crippen molar-refractivity contribution in [3.05, 3.63) is 60.9 Å². The minimum absolute atomic E-state index is 0.222.